The summed E-state index contributed by atoms with van der Waals surface area (Å²) in [5.74, 6) is 0.108. The number of benzene rings is 2. The largest absolute Gasteiger partial charge is 0.496 e. The first kappa shape index (κ1) is 29.3. The molecule has 5 aromatic rings. The van der Waals surface area contributed by atoms with Crippen LogP contribution in [0, 0.1) is 13.8 Å². The Balaban J connectivity index is 1.65. The van der Waals surface area contributed by atoms with Crippen molar-refractivity contribution in [1.82, 2.24) is 14.1 Å². The molecule has 0 amide bonds. The van der Waals surface area contributed by atoms with Crippen LogP contribution in [0.25, 0.3) is 22.5 Å². The molecule has 6 rings (SSSR count). The summed E-state index contributed by atoms with van der Waals surface area (Å²) in [4.78, 5) is 37.9. The SMILES string of the molecule is CCCC1=C(C(=O)OCC)[C@@H](c2c(OC)ccc3ccccc23)n2c(s/c(=C/c3cc(C)n(-c4cccnc4)c3C)c2=O)=N1. The maximum Gasteiger partial charge on any atom is 0.338 e. The summed E-state index contributed by atoms with van der Waals surface area (Å²) in [6.07, 6.45) is 6.83. The second kappa shape index (κ2) is 12.1. The highest BCUT2D eigenvalue weighted by Crippen LogP contribution is 2.41. The number of allylic oxidation sites excluding steroid dienone is 1. The minimum atomic E-state index is -0.780. The number of ether oxygens (including phenoxy) is 2. The van der Waals surface area contributed by atoms with Crippen LogP contribution in [0.5, 0.6) is 5.75 Å². The number of hydrogen-bond donors (Lipinski definition) is 0. The van der Waals surface area contributed by atoms with Crippen LogP contribution in [-0.4, -0.2) is 33.8 Å². The first-order valence-electron chi connectivity index (χ1n) is 14.7. The minimum Gasteiger partial charge on any atom is -0.496 e. The molecule has 2 aromatic carbocycles. The molecule has 8 nitrogen and oxygen atoms in total. The fraction of sp³-hybridized carbons (Fsp3) is 0.257. The number of esters is 1. The Morgan fingerprint density at radius 2 is 1.91 bits per heavy atom. The maximum absolute atomic E-state index is 14.5. The highest BCUT2D eigenvalue weighted by atomic mass is 32.1. The molecule has 9 heteroatoms. The molecule has 0 unspecified atom stereocenters. The molecule has 0 saturated carbocycles. The van der Waals surface area contributed by atoms with Crippen molar-refractivity contribution in [1.29, 1.82) is 0 Å². The standard InChI is InChI=1S/C35H34N4O4S/c1-6-11-27-31(34(41)43-7-2)32(30-26-14-9-8-12-23(26)15-16-28(30)42-5)39-33(40)29(44-35(39)37-27)19-24-18-21(3)38(22(24)4)25-13-10-17-36-20-25/h8-10,12-20,32H,6-7,11H2,1-5H3/b29-19+/t32-/m1/s1. The van der Waals surface area contributed by atoms with Crippen LogP contribution in [-0.2, 0) is 9.53 Å². The molecule has 0 bridgehead atoms. The smallest absolute Gasteiger partial charge is 0.338 e. The molecular weight excluding hydrogens is 572 g/mol. The fourth-order valence-electron chi connectivity index (χ4n) is 6.09. The number of fused-ring (bicyclic) bond motifs is 2. The molecule has 1 aliphatic heterocycles. The van der Waals surface area contributed by atoms with Gasteiger partial charge in [-0.2, -0.15) is 0 Å². The van der Waals surface area contributed by atoms with Crippen molar-refractivity contribution in [2.45, 2.75) is 46.6 Å². The summed E-state index contributed by atoms with van der Waals surface area (Å²) >= 11 is 1.33. The Labute approximate surface area is 259 Å². The van der Waals surface area contributed by atoms with E-state index < -0.39 is 12.0 Å². The number of pyridine rings is 1. The van der Waals surface area contributed by atoms with Crippen LogP contribution >= 0.6 is 11.3 Å². The van der Waals surface area contributed by atoms with Crippen LogP contribution in [0.3, 0.4) is 0 Å². The fourth-order valence-corrected chi connectivity index (χ4v) is 7.10. The monoisotopic (exact) mass is 606 g/mol. The van der Waals surface area contributed by atoms with Gasteiger partial charge in [0, 0.05) is 23.1 Å². The number of aromatic nitrogens is 3. The Morgan fingerprint density at radius 1 is 1.09 bits per heavy atom. The van der Waals surface area contributed by atoms with Gasteiger partial charge in [0.1, 0.15) is 11.8 Å². The molecule has 0 spiro atoms. The zero-order chi connectivity index (χ0) is 31.0. The van der Waals surface area contributed by atoms with Crippen molar-refractivity contribution >= 4 is 34.2 Å². The van der Waals surface area contributed by atoms with Crippen LogP contribution in [0.4, 0.5) is 0 Å². The summed E-state index contributed by atoms with van der Waals surface area (Å²) in [6.45, 7) is 8.10. The molecule has 0 N–H and O–H groups in total. The summed E-state index contributed by atoms with van der Waals surface area (Å²) < 4.78 is 15.8. The van der Waals surface area contributed by atoms with Crippen molar-refractivity contribution in [2.75, 3.05) is 13.7 Å². The number of carbonyl (C=O) groups excluding carboxylic acids is 1. The third-order valence-electron chi connectivity index (χ3n) is 7.98. The summed E-state index contributed by atoms with van der Waals surface area (Å²) in [5.41, 5.74) is 5.42. The second-order valence-corrected chi connectivity index (χ2v) is 11.7. The van der Waals surface area contributed by atoms with Gasteiger partial charge in [0.2, 0.25) is 0 Å². The van der Waals surface area contributed by atoms with Gasteiger partial charge in [-0.1, -0.05) is 55.0 Å². The number of thiazole rings is 1. The topological polar surface area (TPSA) is 87.7 Å². The number of aryl methyl sites for hydroxylation is 1. The van der Waals surface area contributed by atoms with Crippen LogP contribution in [0.1, 0.15) is 55.2 Å². The van der Waals surface area contributed by atoms with Crippen molar-refractivity contribution < 1.29 is 14.3 Å². The van der Waals surface area contributed by atoms with Crippen LogP contribution < -0.4 is 19.6 Å². The predicted molar refractivity (Wildman–Crippen MR) is 173 cm³/mol. The molecular formula is C35H34N4O4S. The third-order valence-corrected chi connectivity index (χ3v) is 8.96. The van der Waals surface area contributed by atoms with Gasteiger partial charge in [-0.05, 0) is 73.9 Å². The Hall–Kier alpha value is -4.76. The van der Waals surface area contributed by atoms with E-state index in [1.54, 1.807) is 24.8 Å². The first-order chi connectivity index (χ1) is 21.4. The maximum atomic E-state index is 14.5. The van der Waals surface area contributed by atoms with E-state index in [4.69, 9.17) is 14.5 Å². The van der Waals surface area contributed by atoms with E-state index in [0.29, 0.717) is 32.8 Å². The second-order valence-electron chi connectivity index (χ2n) is 10.7. The average molecular weight is 607 g/mol. The number of methoxy groups -OCH3 is 1. The average Bonchev–Trinajstić information content (AvgIpc) is 3.49. The normalized spacial score (nSPS) is 14.9. The molecule has 3 aromatic heterocycles. The van der Waals surface area contributed by atoms with E-state index in [0.717, 1.165) is 45.4 Å². The molecule has 44 heavy (non-hydrogen) atoms. The van der Waals surface area contributed by atoms with Gasteiger partial charge in [0.15, 0.2) is 4.80 Å². The Morgan fingerprint density at radius 3 is 2.64 bits per heavy atom. The third kappa shape index (κ3) is 4.97. The van der Waals surface area contributed by atoms with Gasteiger partial charge in [-0.15, -0.1) is 0 Å². The number of carbonyl (C=O) groups is 1. The summed E-state index contributed by atoms with van der Waals surface area (Å²) in [7, 11) is 1.61. The molecule has 4 heterocycles. The lowest BCUT2D eigenvalue weighted by molar-refractivity contribution is -0.139. The van der Waals surface area contributed by atoms with Crippen LogP contribution in [0.2, 0.25) is 0 Å². The predicted octanol–water partition coefficient (Wildman–Crippen LogP) is 5.54. The lowest BCUT2D eigenvalue weighted by atomic mass is 9.90. The van der Waals surface area contributed by atoms with Crippen molar-refractivity contribution in [2.24, 2.45) is 4.99 Å². The summed E-state index contributed by atoms with van der Waals surface area (Å²) in [6, 6.07) is 17.0. The molecule has 1 atom stereocenters. The van der Waals surface area contributed by atoms with Crippen molar-refractivity contribution in [3.63, 3.8) is 0 Å². The van der Waals surface area contributed by atoms with Crippen molar-refractivity contribution in [3.8, 4) is 11.4 Å². The highest BCUT2D eigenvalue weighted by molar-refractivity contribution is 7.07. The van der Waals surface area contributed by atoms with Gasteiger partial charge in [-0.25, -0.2) is 9.79 Å². The van der Waals surface area contributed by atoms with E-state index in [1.807, 2.05) is 81.6 Å². The minimum absolute atomic E-state index is 0.206. The van der Waals surface area contributed by atoms with E-state index >= 15 is 0 Å². The molecule has 0 radical (unpaired) electrons. The van der Waals surface area contributed by atoms with E-state index in [1.165, 1.54) is 11.3 Å². The number of rotatable bonds is 8. The molecule has 0 saturated heterocycles. The van der Waals surface area contributed by atoms with Gasteiger partial charge in [0.25, 0.3) is 5.56 Å². The zero-order valence-corrected chi connectivity index (χ0v) is 26.3. The van der Waals surface area contributed by atoms with E-state index in [2.05, 4.69) is 15.6 Å². The molecule has 0 aliphatic carbocycles. The van der Waals surface area contributed by atoms with Crippen LogP contribution in [0.15, 0.2) is 88.0 Å². The van der Waals surface area contributed by atoms with Gasteiger partial charge < -0.3 is 14.0 Å². The Kier molecular flexibility index (Phi) is 8.05. The highest BCUT2D eigenvalue weighted by Gasteiger charge is 2.37. The molecule has 0 fully saturated rings. The number of hydrogen-bond acceptors (Lipinski definition) is 7. The van der Waals surface area contributed by atoms with Gasteiger partial charge in [0.05, 0.1) is 41.4 Å². The van der Waals surface area contributed by atoms with Gasteiger partial charge >= 0.3 is 5.97 Å². The van der Waals surface area contributed by atoms with Crippen molar-refractivity contribution in [3.05, 3.63) is 120 Å². The van der Waals surface area contributed by atoms with E-state index in [-0.39, 0.29) is 12.2 Å². The lowest BCUT2D eigenvalue weighted by Crippen LogP contribution is -2.40. The zero-order valence-electron chi connectivity index (χ0n) is 25.5. The first-order valence-corrected chi connectivity index (χ1v) is 15.6. The van der Waals surface area contributed by atoms with E-state index in [9.17, 15) is 9.59 Å². The lowest BCUT2D eigenvalue weighted by Gasteiger charge is -2.28. The summed E-state index contributed by atoms with van der Waals surface area (Å²) in [5, 5.41) is 1.87. The molecule has 224 valence electrons. The van der Waals surface area contributed by atoms with Gasteiger partial charge in [-0.3, -0.25) is 14.3 Å². The molecule has 1 aliphatic rings. The Bertz CT molecular complexity index is 2100. The number of nitrogens with zero attached hydrogens (tertiary/aromatic N) is 4. The quantitative estimate of drug-likeness (QED) is 0.217.